The first-order valence-corrected chi connectivity index (χ1v) is 10.7. The number of nitrogens with zero attached hydrogens (tertiary/aromatic N) is 3. The number of carbonyl (C=O) groups is 1. The number of allylic oxidation sites excluding steroid dienone is 1. The van der Waals surface area contributed by atoms with Crippen LogP contribution in [0.4, 0.5) is 5.69 Å². The summed E-state index contributed by atoms with van der Waals surface area (Å²) in [5.74, 6) is 2.69. The highest BCUT2D eigenvalue weighted by atomic mass is 32.2. The molecule has 0 unspecified atom stereocenters. The van der Waals surface area contributed by atoms with Crippen LogP contribution in [-0.4, -0.2) is 46.7 Å². The first-order chi connectivity index (χ1) is 15.2. The molecule has 1 N–H and O–H groups in total. The quantitative estimate of drug-likeness (QED) is 0.424. The second-order valence-corrected chi connectivity index (χ2v) is 7.54. The van der Waals surface area contributed by atoms with Gasteiger partial charge in [-0.2, -0.15) is 0 Å². The molecule has 2 aromatic carbocycles. The van der Waals surface area contributed by atoms with Crippen LogP contribution in [0, 0.1) is 0 Å². The van der Waals surface area contributed by atoms with Crippen LogP contribution in [0.3, 0.4) is 0 Å². The maximum atomic E-state index is 12.5. The first kappa shape index (κ1) is 20.8. The molecule has 1 aromatic heterocycles. The highest BCUT2D eigenvalue weighted by molar-refractivity contribution is 7.99. The summed E-state index contributed by atoms with van der Waals surface area (Å²) in [7, 11) is 1.62. The largest absolute Gasteiger partial charge is 0.496 e. The van der Waals surface area contributed by atoms with Crippen molar-refractivity contribution in [3.8, 4) is 28.6 Å². The summed E-state index contributed by atoms with van der Waals surface area (Å²) in [6.45, 7) is 5.35. The maximum Gasteiger partial charge on any atom is 0.234 e. The van der Waals surface area contributed by atoms with Crippen molar-refractivity contribution in [2.24, 2.45) is 0 Å². The lowest BCUT2D eigenvalue weighted by Crippen LogP contribution is -2.17. The lowest BCUT2D eigenvalue weighted by atomic mass is 10.2. The Morgan fingerprint density at radius 2 is 2.03 bits per heavy atom. The monoisotopic (exact) mass is 438 g/mol. The van der Waals surface area contributed by atoms with Crippen molar-refractivity contribution < 1.29 is 19.0 Å². The van der Waals surface area contributed by atoms with Gasteiger partial charge in [-0.25, -0.2) is 0 Å². The SMILES string of the molecule is C=CCn1c(SCC(=O)Nc2ccc3c(c2)OCCO3)nnc1-c1ccccc1OC. The van der Waals surface area contributed by atoms with E-state index in [1.165, 1.54) is 11.8 Å². The number of ether oxygens (including phenoxy) is 3. The average Bonchev–Trinajstić information content (AvgIpc) is 3.20. The Bertz CT molecular complexity index is 1100. The molecule has 9 heteroatoms. The molecule has 1 aliphatic heterocycles. The summed E-state index contributed by atoms with van der Waals surface area (Å²) in [6, 6.07) is 12.9. The minimum Gasteiger partial charge on any atom is -0.496 e. The smallest absolute Gasteiger partial charge is 0.234 e. The van der Waals surface area contributed by atoms with Gasteiger partial charge in [0.15, 0.2) is 22.5 Å². The predicted octanol–water partition coefficient (Wildman–Crippen LogP) is 3.64. The summed E-state index contributed by atoms with van der Waals surface area (Å²) in [6.07, 6.45) is 1.77. The second kappa shape index (κ2) is 9.57. The fourth-order valence-corrected chi connectivity index (χ4v) is 3.91. The summed E-state index contributed by atoms with van der Waals surface area (Å²) >= 11 is 1.30. The minimum absolute atomic E-state index is 0.159. The Morgan fingerprint density at radius 1 is 1.23 bits per heavy atom. The molecule has 0 atom stereocenters. The van der Waals surface area contributed by atoms with E-state index in [9.17, 15) is 4.79 Å². The van der Waals surface area contributed by atoms with Crippen molar-refractivity contribution in [2.75, 3.05) is 31.4 Å². The molecule has 1 aliphatic rings. The van der Waals surface area contributed by atoms with Crippen LogP contribution < -0.4 is 19.5 Å². The van der Waals surface area contributed by atoms with Gasteiger partial charge in [0.2, 0.25) is 5.91 Å². The van der Waals surface area contributed by atoms with Gasteiger partial charge in [0.05, 0.1) is 18.4 Å². The summed E-state index contributed by atoms with van der Waals surface area (Å²) in [5, 5.41) is 12.1. The molecule has 0 fully saturated rings. The molecule has 31 heavy (non-hydrogen) atoms. The fraction of sp³-hybridized carbons (Fsp3) is 0.227. The normalized spacial score (nSPS) is 12.3. The molecule has 4 rings (SSSR count). The zero-order valence-electron chi connectivity index (χ0n) is 17.0. The zero-order chi connectivity index (χ0) is 21.6. The van der Waals surface area contributed by atoms with E-state index < -0.39 is 0 Å². The standard InChI is InChI=1S/C22H22N4O4S/c1-3-10-26-21(16-6-4-5-7-17(16)28-2)24-25-22(26)31-14-20(27)23-15-8-9-18-19(13-15)30-12-11-29-18/h3-9,13H,1,10-12,14H2,2H3,(H,23,27). The lowest BCUT2D eigenvalue weighted by molar-refractivity contribution is -0.113. The number of amides is 1. The van der Waals surface area contributed by atoms with Gasteiger partial charge in [0, 0.05) is 18.3 Å². The lowest BCUT2D eigenvalue weighted by Gasteiger charge is -2.19. The fourth-order valence-electron chi connectivity index (χ4n) is 3.17. The van der Waals surface area contributed by atoms with Gasteiger partial charge in [-0.1, -0.05) is 30.0 Å². The third-order valence-electron chi connectivity index (χ3n) is 4.53. The number of rotatable bonds is 8. The zero-order valence-corrected chi connectivity index (χ0v) is 17.9. The number of fused-ring (bicyclic) bond motifs is 1. The van der Waals surface area contributed by atoms with Crippen molar-refractivity contribution in [3.63, 3.8) is 0 Å². The van der Waals surface area contributed by atoms with Crippen LogP contribution in [0.15, 0.2) is 60.3 Å². The van der Waals surface area contributed by atoms with Crippen LogP contribution in [-0.2, 0) is 11.3 Å². The third kappa shape index (κ3) is 4.66. The number of carbonyl (C=O) groups excluding carboxylic acids is 1. The van der Waals surface area contributed by atoms with Crippen LogP contribution in [0.2, 0.25) is 0 Å². The average molecular weight is 439 g/mol. The molecule has 0 aliphatic carbocycles. The van der Waals surface area contributed by atoms with Gasteiger partial charge >= 0.3 is 0 Å². The number of aromatic nitrogens is 3. The second-order valence-electron chi connectivity index (χ2n) is 6.60. The van der Waals surface area contributed by atoms with Crippen LogP contribution in [0.25, 0.3) is 11.4 Å². The molecule has 8 nitrogen and oxygen atoms in total. The molecule has 0 radical (unpaired) electrons. The van der Waals surface area contributed by atoms with Crippen molar-refractivity contribution in [1.82, 2.24) is 14.8 Å². The Hall–Kier alpha value is -3.46. The number of para-hydroxylation sites is 1. The van der Waals surface area contributed by atoms with Crippen molar-refractivity contribution in [3.05, 3.63) is 55.1 Å². The number of hydrogen-bond donors (Lipinski definition) is 1. The number of nitrogens with one attached hydrogen (secondary N) is 1. The summed E-state index contributed by atoms with van der Waals surface area (Å²) in [4.78, 5) is 12.5. The van der Waals surface area contributed by atoms with E-state index >= 15 is 0 Å². The molecule has 0 spiro atoms. The van der Waals surface area contributed by atoms with Crippen LogP contribution >= 0.6 is 11.8 Å². The molecular weight excluding hydrogens is 416 g/mol. The Kier molecular flexibility index (Phi) is 6.42. The van der Waals surface area contributed by atoms with Crippen LogP contribution in [0.1, 0.15) is 0 Å². The van der Waals surface area contributed by atoms with E-state index in [0.29, 0.717) is 53.7 Å². The molecule has 1 amide bonds. The molecule has 160 valence electrons. The summed E-state index contributed by atoms with van der Waals surface area (Å²) < 4.78 is 18.4. The highest BCUT2D eigenvalue weighted by Crippen LogP contribution is 2.33. The predicted molar refractivity (Wildman–Crippen MR) is 119 cm³/mol. The maximum absolute atomic E-state index is 12.5. The first-order valence-electron chi connectivity index (χ1n) is 9.69. The number of methoxy groups -OCH3 is 1. The van der Waals surface area contributed by atoms with E-state index in [2.05, 4.69) is 22.1 Å². The Morgan fingerprint density at radius 3 is 2.84 bits per heavy atom. The number of thioether (sulfide) groups is 1. The van der Waals surface area contributed by atoms with E-state index in [4.69, 9.17) is 14.2 Å². The van der Waals surface area contributed by atoms with Gasteiger partial charge < -0.3 is 19.5 Å². The Labute approximate surface area is 184 Å². The van der Waals surface area contributed by atoms with Gasteiger partial charge in [0.1, 0.15) is 19.0 Å². The summed E-state index contributed by atoms with van der Waals surface area (Å²) in [5.41, 5.74) is 1.48. The molecule has 0 bridgehead atoms. The molecule has 2 heterocycles. The molecule has 0 saturated carbocycles. The van der Waals surface area contributed by atoms with E-state index in [1.54, 1.807) is 31.4 Å². The number of benzene rings is 2. The number of hydrogen-bond acceptors (Lipinski definition) is 7. The van der Waals surface area contributed by atoms with E-state index in [0.717, 1.165) is 5.56 Å². The molecular formula is C22H22N4O4S. The van der Waals surface area contributed by atoms with Gasteiger partial charge in [-0.05, 0) is 24.3 Å². The van der Waals surface area contributed by atoms with Crippen molar-refractivity contribution in [1.29, 1.82) is 0 Å². The van der Waals surface area contributed by atoms with E-state index in [1.807, 2.05) is 28.8 Å². The number of anilines is 1. The van der Waals surface area contributed by atoms with Crippen LogP contribution in [0.5, 0.6) is 17.2 Å². The van der Waals surface area contributed by atoms with Gasteiger partial charge in [-0.15, -0.1) is 16.8 Å². The van der Waals surface area contributed by atoms with Gasteiger partial charge in [0.25, 0.3) is 0 Å². The van der Waals surface area contributed by atoms with Gasteiger partial charge in [-0.3, -0.25) is 9.36 Å². The molecule has 0 saturated heterocycles. The minimum atomic E-state index is -0.159. The molecule has 3 aromatic rings. The van der Waals surface area contributed by atoms with E-state index in [-0.39, 0.29) is 11.7 Å². The van der Waals surface area contributed by atoms with Crippen molar-refractivity contribution >= 4 is 23.4 Å². The Balaban J connectivity index is 1.46. The topological polar surface area (TPSA) is 87.5 Å². The highest BCUT2D eigenvalue weighted by Gasteiger charge is 2.18. The van der Waals surface area contributed by atoms with Crippen molar-refractivity contribution in [2.45, 2.75) is 11.7 Å². The third-order valence-corrected chi connectivity index (χ3v) is 5.50.